The molecule has 5 heteroatoms. The number of hydrogen-bond acceptors (Lipinski definition) is 4. The van der Waals surface area contributed by atoms with Crippen LogP contribution in [0.2, 0.25) is 0 Å². The molecule has 1 saturated carbocycles. The quantitative estimate of drug-likeness (QED) is 0.762. The molecule has 19 heavy (non-hydrogen) atoms. The van der Waals surface area contributed by atoms with E-state index in [1.807, 2.05) is 13.8 Å². The predicted molar refractivity (Wildman–Crippen MR) is 71.4 cm³/mol. The third-order valence-corrected chi connectivity index (χ3v) is 3.98. The van der Waals surface area contributed by atoms with Gasteiger partial charge in [-0.15, -0.1) is 0 Å². The minimum atomic E-state index is -0.795. The smallest absolute Gasteiger partial charge is 0.306 e. The van der Waals surface area contributed by atoms with Crippen LogP contribution in [0.25, 0.3) is 0 Å². The highest BCUT2D eigenvalue weighted by Gasteiger charge is 2.36. The van der Waals surface area contributed by atoms with E-state index in [4.69, 9.17) is 10.4 Å². The van der Waals surface area contributed by atoms with Crippen LogP contribution in [0.4, 0.5) is 0 Å². The highest BCUT2D eigenvalue weighted by molar-refractivity contribution is 5.70. The maximum atomic E-state index is 10.9. The Labute approximate surface area is 114 Å². The molecule has 1 aliphatic rings. The second-order valence-corrected chi connectivity index (χ2v) is 5.69. The van der Waals surface area contributed by atoms with Crippen LogP contribution in [0, 0.1) is 23.2 Å². The maximum absolute atomic E-state index is 10.9. The molecule has 0 saturated heterocycles. The lowest BCUT2D eigenvalue weighted by Crippen LogP contribution is -2.47. The van der Waals surface area contributed by atoms with Gasteiger partial charge < -0.3 is 10.2 Å². The largest absolute Gasteiger partial charge is 0.481 e. The van der Waals surface area contributed by atoms with Gasteiger partial charge in [0, 0.05) is 13.1 Å². The number of rotatable bonds is 6. The highest BCUT2D eigenvalue weighted by atomic mass is 16.4. The Hall–Kier alpha value is -1.12. The maximum Gasteiger partial charge on any atom is 0.306 e. The van der Waals surface area contributed by atoms with Crippen molar-refractivity contribution in [2.45, 2.75) is 45.1 Å². The van der Waals surface area contributed by atoms with Gasteiger partial charge in [0.25, 0.3) is 0 Å². The molecule has 0 aromatic carbocycles. The zero-order valence-corrected chi connectivity index (χ0v) is 11.8. The molecule has 1 aliphatic carbocycles. The fraction of sp³-hybridized carbons (Fsp3) is 0.857. The van der Waals surface area contributed by atoms with Gasteiger partial charge in [0.2, 0.25) is 0 Å². The van der Waals surface area contributed by atoms with Crippen molar-refractivity contribution in [1.82, 2.24) is 4.90 Å². The number of aliphatic hydroxyl groups is 1. The van der Waals surface area contributed by atoms with Crippen molar-refractivity contribution in [3.8, 4) is 6.07 Å². The summed E-state index contributed by atoms with van der Waals surface area (Å²) in [6.07, 6.45) is 2.14. The summed E-state index contributed by atoms with van der Waals surface area (Å²) in [5.41, 5.74) is -0.795. The van der Waals surface area contributed by atoms with Crippen molar-refractivity contribution in [1.29, 1.82) is 5.26 Å². The van der Waals surface area contributed by atoms with Gasteiger partial charge in [0.1, 0.15) is 0 Å². The van der Waals surface area contributed by atoms with Gasteiger partial charge in [-0.2, -0.15) is 5.26 Å². The van der Waals surface area contributed by atoms with E-state index in [1.54, 1.807) is 0 Å². The topological polar surface area (TPSA) is 84.6 Å². The molecular weight excluding hydrogens is 244 g/mol. The number of carbonyl (C=O) groups is 1. The van der Waals surface area contributed by atoms with E-state index in [1.165, 1.54) is 0 Å². The Balaban J connectivity index is 2.51. The molecule has 1 atom stereocenters. The van der Waals surface area contributed by atoms with Crippen molar-refractivity contribution in [2.24, 2.45) is 11.8 Å². The zero-order chi connectivity index (χ0) is 14.5. The number of carboxylic acids is 1. The highest BCUT2D eigenvalue weighted by Crippen LogP contribution is 2.33. The summed E-state index contributed by atoms with van der Waals surface area (Å²) in [5, 5.41) is 28.3. The molecule has 0 amide bonds. The van der Waals surface area contributed by atoms with E-state index in [-0.39, 0.29) is 11.8 Å². The van der Waals surface area contributed by atoms with E-state index < -0.39 is 11.6 Å². The Morgan fingerprint density at radius 2 is 2.11 bits per heavy atom. The van der Waals surface area contributed by atoms with Crippen molar-refractivity contribution >= 4 is 5.97 Å². The Bertz CT molecular complexity index is 343. The molecule has 0 aliphatic heterocycles. The molecule has 2 N–H and O–H groups in total. The van der Waals surface area contributed by atoms with Gasteiger partial charge in [-0.05, 0) is 39.2 Å². The first kappa shape index (κ1) is 15.9. The summed E-state index contributed by atoms with van der Waals surface area (Å²) in [4.78, 5) is 13.0. The van der Waals surface area contributed by atoms with Crippen LogP contribution >= 0.6 is 0 Å². The van der Waals surface area contributed by atoms with E-state index in [2.05, 4.69) is 11.0 Å². The van der Waals surface area contributed by atoms with E-state index >= 15 is 0 Å². The van der Waals surface area contributed by atoms with Crippen LogP contribution in [-0.4, -0.2) is 46.3 Å². The minimum Gasteiger partial charge on any atom is -0.481 e. The van der Waals surface area contributed by atoms with Crippen molar-refractivity contribution in [2.75, 3.05) is 19.6 Å². The first-order valence-electron chi connectivity index (χ1n) is 6.97. The van der Waals surface area contributed by atoms with Gasteiger partial charge in [-0.1, -0.05) is 6.92 Å². The molecule has 0 spiro atoms. The van der Waals surface area contributed by atoms with E-state index in [0.29, 0.717) is 38.8 Å². The standard InChI is InChI=1S/C14H24N2O3/c1-3-16(9-11(2)8-15)10-14(19)6-4-12(5-7-14)13(17)18/h11-12,19H,3-7,9-10H2,1-2H3,(H,17,18). The average Bonchev–Trinajstić information content (AvgIpc) is 2.38. The Morgan fingerprint density at radius 1 is 1.53 bits per heavy atom. The van der Waals surface area contributed by atoms with Crippen LogP contribution in [-0.2, 0) is 4.79 Å². The molecule has 1 rings (SSSR count). The van der Waals surface area contributed by atoms with Crippen molar-refractivity contribution < 1.29 is 15.0 Å². The Morgan fingerprint density at radius 3 is 2.53 bits per heavy atom. The lowest BCUT2D eigenvalue weighted by atomic mass is 9.78. The molecule has 0 aromatic heterocycles. The van der Waals surface area contributed by atoms with Crippen LogP contribution in [0.1, 0.15) is 39.5 Å². The summed E-state index contributed by atoms with van der Waals surface area (Å²) < 4.78 is 0. The van der Waals surface area contributed by atoms with Gasteiger partial charge in [0.15, 0.2) is 0 Å². The van der Waals surface area contributed by atoms with Crippen LogP contribution < -0.4 is 0 Å². The normalized spacial score (nSPS) is 28.9. The summed E-state index contributed by atoms with van der Waals surface area (Å²) in [6.45, 7) is 5.85. The molecule has 0 bridgehead atoms. The number of nitriles is 1. The fourth-order valence-electron chi connectivity index (χ4n) is 2.71. The summed E-state index contributed by atoms with van der Waals surface area (Å²) >= 11 is 0. The summed E-state index contributed by atoms with van der Waals surface area (Å²) in [7, 11) is 0. The average molecular weight is 268 g/mol. The fourth-order valence-corrected chi connectivity index (χ4v) is 2.71. The zero-order valence-electron chi connectivity index (χ0n) is 11.8. The number of hydrogen-bond donors (Lipinski definition) is 2. The number of likely N-dealkylation sites (N-methyl/N-ethyl adjacent to an activating group) is 1. The number of nitrogens with zero attached hydrogens (tertiary/aromatic N) is 2. The van der Waals surface area contributed by atoms with Gasteiger partial charge >= 0.3 is 5.97 Å². The molecular formula is C14H24N2O3. The molecule has 108 valence electrons. The lowest BCUT2D eigenvalue weighted by Gasteiger charge is -2.38. The van der Waals surface area contributed by atoms with Crippen LogP contribution in [0.3, 0.4) is 0 Å². The predicted octanol–water partition coefficient (Wildman–Crippen LogP) is 1.47. The van der Waals surface area contributed by atoms with Gasteiger partial charge in [-0.25, -0.2) is 0 Å². The summed E-state index contributed by atoms with van der Waals surface area (Å²) in [6, 6.07) is 2.20. The monoisotopic (exact) mass is 268 g/mol. The molecule has 1 fully saturated rings. The van der Waals surface area contributed by atoms with E-state index in [0.717, 1.165) is 6.54 Å². The lowest BCUT2D eigenvalue weighted by molar-refractivity contribution is -0.145. The third kappa shape index (κ3) is 4.81. The van der Waals surface area contributed by atoms with E-state index in [9.17, 15) is 9.90 Å². The Kier molecular flexibility index (Phi) is 5.77. The molecule has 5 nitrogen and oxygen atoms in total. The molecule has 0 heterocycles. The first-order chi connectivity index (χ1) is 8.90. The molecule has 0 aromatic rings. The van der Waals surface area contributed by atoms with Crippen LogP contribution in [0.5, 0.6) is 0 Å². The number of aliphatic carboxylic acids is 1. The van der Waals surface area contributed by atoms with Gasteiger partial charge in [0.05, 0.1) is 23.5 Å². The second-order valence-electron chi connectivity index (χ2n) is 5.69. The second kappa shape index (κ2) is 6.88. The SMILES string of the molecule is CCN(CC(C)C#N)CC1(O)CCC(C(=O)O)CC1. The molecule has 0 radical (unpaired) electrons. The third-order valence-electron chi connectivity index (χ3n) is 3.98. The molecule has 1 unspecified atom stereocenters. The first-order valence-corrected chi connectivity index (χ1v) is 6.97. The number of carboxylic acid groups (broad SMARTS) is 1. The van der Waals surface area contributed by atoms with Gasteiger partial charge in [-0.3, -0.25) is 9.69 Å². The van der Waals surface area contributed by atoms with Crippen molar-refractivity contribution in [3.63, 3.8) is 0 Å². The summed E-state index contributed by atoms with van der Waals surface area (Å²) in [5.74, 6) is -1.13. The minimum absolute atomic E-state index is 0.0566. The van der Waals surface area contributed by atoms with Crippen LogP contribution in [0.15, 0.2) is 0 Å². The van der Waals surface area contributed by atoms with Crippen molar-refractivity contribution in [3.05, 3.63) is 0 Å².